The molecule has 1 unspecified atom stereocenters. The number of rotatable bonds is 2. The summed E-state index contributed by atoms with van der Waals surface area (Å²) in [6.45, 7) is 2.55. The molecule has 1 heterocycles. The van der Waals surface area contributed by atoms with Crippen molar-refractivity contribution in [2.75, 3.05) is 13.7 Å². The molecule has 0 amide bonds. The van der Waals surface area contributed by atoms with Crippen LogP contribution in [0.15, 0.2) is 18.2 Å². The summed E-state index contributed by atoms with van der Waals surface area (Å²) in [5, 5.41) is 0. The molecule has 2 rings (SSSR count). The number of hydrogen-bond acceptors (Lipinski definition) is 2. The Bertz CT molecular complexity index is 332. The van der Waals surface area contributed by atoms with Crippen LogP contribution in [-0.2, 0) is 10.3 Å². The molecule has 1 fully saturated rings. The lowest BCUT2D eigenvalue weighted by Gasteiger charge is -2.11. The molecule has 0 aliphatic carbocycles. The summed E-state index contributed by atoms with van der Waals surface area (Å²) in [6, 6.07) is 4.88. The number of ether oxygens (including phenoxy) is 2. The monoisotopic (exact) mass is 182 g/mol. The first-order valence-corrected chi connectivity index (χ1v) is 4.14. The molecule has 1 atom stereocenters. The lowest BCUT2D eigenvalue weighted by molar-refractivity contribution is 0.310. The third-order valence-electron chi connectivity index (χ3n) is 2.32. The molecule has 13 heavy (non-hydrogen) atoms. The van der Waals surface area contributed by atoms with Crippen molar-refractivity contribution in [1.82, 2.24) is 0 Å². The second kappa shape index (κ2) is 2.70. The molecule has 0 radical (unpaired) electrons. The summed E-state index contributed by atoms with van der Waals surface area (Å²) in [5.41, 5.74) is 0.447. The minimum atomic E-state index is -0.340. The van der Waals surface area contributed by atoms with Crippen molar-refractivity contribution in [3.8, 4) is 5.75 Å². The molecule has 1 aliphatic heterocycles. The molecule has 0 bridgehead atoms. The number of epoxide rings is 1. The van der Waals surface area contributed by atoms with E-state index in [4.69, 9.17) is 9.47 Å². The van der Waals surface area contributed by atoms with Crippen molar-refractivity contribution in [1.29, 1.82) is 0 Å². The van der Waals surface area contributed by atoms with Gasteiger partial charge in [-0.2, -0.15) is 0 Å². The van der Waals surface area contributed by atoms with Crippen LogP contribution in [0.3, 0.4) is 0 Å². The van der Waals surface area contributed by atoms with Gasteiger partial charge in [0.1, 0.15) is 5.60 Å². The van der Waals surface area contributed by atoms with Gasteiger partial charge >= 0.3 is 0 Å². The largest absolute Gasteiger partial charge is 0.493 e. The zero-order valence-corrected chi connectivity index (χ0v) is 7.63. The lowest BCUT2D eigenvalue weighted by Crippen LogP contribution is -2.06. The molecule has 70 valence electrons. The van der Waals surface area contributed by atoms with Gasteiger partial charge in [-0.3, -0.25) is 0 Å². The topological polar surface area (TPSA) is 21.8 Å². The van der Waals surface area contributed by atoms with Crippen LogP contribution in [0.2, 0.25) is 0 Å². The van der Waals surface area contributed by atoms with Crippen molar-refractivity contribution in [3.05, 3.63) is 29.6 Å². The molecular formula is C10H11FO2. The Morgan fingerprint density at radius 3 is 2.77 bits per heavy atom. The van der Waals surface area contributed by atoms with Crippen molar-refractivity contribution in [2.24, 2.45) is 0 Å². The highest BCUT2D eigenvalue weighted by molar-refractivity contribution is 5.41. The highest BCUT2D eigenvalue weighted by Gasteiger charge is 2.43. The Labute approximate surface area is 76.3 Å². The van der Waals surface area contributed by atoms with Crippen molar-refractivity contribution in [3.63, 3.8) is 0 Å². The third kappa shape index (κ3) is 1.29. The molecular weight excluding hydrogens is 171 g/mol. The van der Waals surface area contributed by atoms with Crippen LogP contribution >= 0.6 is 0 Å². The van der Waals surface area contributed by atoms with Crippen molar-refractivity contribution in [2.45, 2.75) is 12.5 Å². The Balaban J connectivity index is 2.50. The van der Waals surface area contributed by atoms with E-state index in [-0.39, 0.29) is 11.4 Å². The van der Waals surface area contributed by atoms with Crippen molar-refractivity contribution >= 4 is 0 Å². The highest BCUT2D eigenvalue weighted by Crippen LogP contribution is 2.43. The van der Waals surface area contributed by atoms with E-state index in [0.29, 0.717) is 12.4 Å². The van der Waals surface area contributed by atoms with Crippen LogP contribution in [-0.4, -0.2) is 13.7 Å². The molecule has 0 saturated carbocycles. The quantitative estimate of drug-likeness (QED) is 0.653. The van der Waals surface area contributed by atoms with E-state index >= 15 is 0 Å². The molecule has 1 aromatic carbocycles. The number of para-hydroxylation sites is 1. The van der Waals surface area contributed by atoms with Gasteiger partial charge in [-0.15, -0.1) is 0 Å². The second-order valence-electron chi connectivity index (χ2n) is 3.34. The maximum absolute atomic E-state index is 13.2. The lowest BCUT2D eigenvalue weighted by atomic mass is 10.0. The predicted octanol–water partition coefficient (Wildman–Crippen LogP) is 2.08. The van der Waals surface area contributed by atoms with Gasteiger partial charge < -0.3 is 9.47 Å². The molecule has 1 aromatic rings. The average Bonchev–Trinajstić information content (AvgIpc) is 2.85. The maximum atomic E-state index is 13.2. The standard InChI is InChI=1S/C10H11FO2/c1-10(6-13-10)7-4-3-5-8(11)9(7)12-2/h3-5H,6H2,1-2H3. The minimum Gasteiger partial charge on any atom is -0.493 e. The first-order chi connectivity index (χ1) is 6.17. The average molecular weight is 182 g/mol. The number of methoxy groups -OCH3 is 1. The van der Waals surface area contributed by atoms with E-state index in [9.17, 15) is 4.39 Å². The molecule has 0 spiro atoms. The van der Waals surface area contributed by atoms with Crippen LogP contribution in [0.1, 0.15) is 12.5 Å². The van der Waals surface area contributed by atoms with Gasteiger partial charge in [0.2, 0.25) is 0 Å². The van der Waals surface area contributed by atoms with E-state index in [1.54, 1.807) is 6.07 Å². The minimum absolute atomic E-state index is 0.294. The van der Waals surface area contributed by atoms with E-state index in [1.807, 2.05) is 13.0 Å². The summed E-state index contributed by atoms with van der Waals surface area (Å²) in [7, 11) is 1.47. The highest BCUT2D eigenvalue weighted by atomic mass is 19.1. The van der Waals surface area contributed by atoms with Crippen LogP contribution in [0.5, 0.6) is 5.75 Å². The molecule has 2 nitrogen and oxygen atoms in total. The number of benzene rings is 1. The molecule has 0 aromatic heterocycles. The summed E-state index contributed by atoms with van der Waals surface area (Å²) in [5.74, 6) is -0.0424. The fourth-order valence-electron chi connectivity index (χ4n) is 1.40. The Hall–Kier alpha value is -1.09. The maximum Gasteiger partial charge on any atom is 0.165 e. The molecule has 1 aliphatic rings. The summed E-state index contributed by atoms with van der Waals surface area (Å²) in [6.07, 6.45) is 0. The zero-order chi connectivity index (χ0) is 9.47. The van der Waals surface area contributed by atoms with Crippen molar-refractivity contribution < 1.29 is 13.9 Å². The third-order valence-corrected chi connectivity index (χ3v) is 2.32. The van der Waals surface area contributed by atoms with E-state index in [0.717, 1.165) is 5.56 Å². The van der Waals surface area contributed by atoms with Gasteiger partial charge in [0.15, 0.2) is 11.6 Å². The van der Waals surface area contributed by atoms with Crippen LogP contribution in [0.4, 0.5) is 4.39 Å². The van der Waals surface area contributed by atoms with Gasteiger partial charge in [0.25, 0.3) is 0 Å². The van der Waals surface area contributed by atoms with E-state index in [2.05, 4.69) is 0 Å². The van der Waals surface area contributed by atoms with Crippen LogP contribution in [0.25, 0.3) is 0 Å². The van der Waals surface area contributed by atoms with Crippen LogP contribution < -0.4 is 4.74 Å². The van der Waals surface area contributed by atoms with E-state index in [1.165, 1.54) is 13.2 Å². The Kier molecular flexibility index (Phi) is 1.77. The Morgan fingerprint density at radius 1 is 1.54 bits per heavy atom. The summed E-state index contributed by atoms with van der Waals surface area (Å²) < 4.78 is 23.4. The predicted molar refractivity (Wildman–Crippen MR) is 46.3 cm³/mol. The zero-order valence-electron chi connectivity index (χ0n) is 7.63. The summed E-state index contributed by atoms with van der Waals surface area (Å²) >= 11 is 0. The first-order valence-electron chi connectivity index (χ1n) is 4.14. The normalized spacial score (nSPS) is 25.8. The number of halogens is 1. The molecule has 1 saturated heterocycles. The van der Waals surface area contributed by atoms with Gasteiger partial charge in [0, 0.05) is 5.56 Å². The van der Waals surface area contributed by atoms with Crippen LogP contribution in [0, 0.1) is 5.82 Å². The van der Waals surface area contributed by atoms with E-state index < -0.39 is 0 Å². The summed E-state index contributed by atoms with van der Waals surface area (Å²) in [4.78, 5) is 0. The van der Waals surface area contributed by atoms with Gasteiger partial charge in [-0.1, -0.05) is 12.1 Å². The first kappa shape index (κ1) is 8.51. The fraction of sp³-hybridized carbons (Fsp3) is 0.400. The second-order valence-corrected chi connectivity index (χ2v) is 3.34. The van der Waals surface area contributed by atoms with Gasteiger partial charge in [-0.25, -0.2) is 4.39 Å². The smallest absolute Gasteiger partial charge is 0.165 e. The SMILES string of the molecule is COc1c(F)cccc1C1(C)CO1. The fourth-order valence-corrected chi connectivity index (χ4v) is 1.40. The van der Waals surface area contributed by atoms with Gasteiger partial charge in [-0.05, 0) is 13.0 Å². The Morgan fingerprint density at radius 2 is 2.23 bits per heavy atom. The molecule has 3 heteroatoms. The molecule has 0 N–H and O–H groups in total. The number of hydrogen-bond donors (Lipinski definition) is 0. The van der Waals surface area contributed by atoms with Gasteiger partial charge in [0.05, 0.1) is 13.7 Å².